The molecule has 0 aromatic heterocycles. The number of nitrogens with one attached hydrogen (secondary N) is 1. The zero-order valence-corrected chi connectivity index (χ0v) is 15.1. The molecule has 3 nitrogen and oxygen atoms in total. The zero-order chi connectivity index (χ0) is 15.8. The smallest absolute Gasteiger partial charge is 0.260 e. The van der Waals surface area contributed by atoms with Crippen LogP contribution in [0.4, 0.5) is 0 Å². The van der Waals surface area contributed by atoms with E-state index >= 15 is 0 Å². The minimum absolute atomic E-state index is 0.120. The van der Waals surface area contributed by atoms with Crippen molar-refractivity contribution in [1.82, 2.24) is 5.32 Å². The Morgan fingerprint density at radius 1 is 1.38 bits per heavy atom. The highest BCUT2D eigenvalue weighted by atomic mass is 79.9. The van der Waals surface area contributed by atoms with Gasteiger partial charge in [0.2, 0.25) is 0 Å². The minimum Gasteiger partial charge on any atom is -0.481 e. The van der Waals surface area contributed by atoms with Crippen LogP contribution in [-0.4, -0.2) is 23.4 Å². The van der Waals surface area contributed by atoms with E-state index in [4.69, 9.17) is 16.3 Å². The van der Waals surface area contributed by atoms with Gasteiger partial charge in [-0.15, -0.1) is 0 Å². The summed E-state index contributed by atoms with van der Waals surface area (Å²) in [6.45, 7) is 6.66. The van der Waals surface area contributed by atoms with E-state index in [9.17, 15) is 4.79 Å². The molecule has 1 rings (SSSR count). The third-order valence-corrected chi connectivity index (χ3v) is 4.82. The molecule has 0 aliphatic carbocycles. The van der Waals surface area contributed by atoms with E-state index in [0.29, 0.717) is 23.2 Å². The highest BCUT2D eigenvalue weighted by Gasteiger charge is 2.19. The van der Waals surface area contributed by atoms with Crippen molar-refractivity contribution in [2.75, 3.05) is 6.54 Å². The maximum absolute atomic E-state index is 12.0. The van der Waals surface area contributed by atoms with E-state index in [1.807, 2.05) is 0 Å². The van der Waals surface area contributed by atoms with Crippen molar-refractivity contribution in [3.63, 3.8) is 0 Å². The Morgan fingerprint density at radius 3 is 2.62 bits per heavy atom. The molecule has 1 amide bonds. The summed E-state index contributed by atoms with van der Waals surface area (Å²) in [5.74, 6) is 1.04. The summed E-state index contributed by atoms with van der Waals surface area (Å²) in [5, 5.41) is 3.51. The first kappa shape index (κ1) is 18.3. The second-order valence-electron chi connectivity index (χ2n) is 5.06. The molecule has 1 N–H and O–H groups in total. The molecule has 0 saturated carbocycles. The number of hydrogen-bond acceptors (Lipinski definition) is 2. The number of amides is 1. The van der Waals surface area contributed by atoms with Gasteiger partial charge >= 0.3 is 0 Å². The summed E-state index contributed by atoms with van der Waals surface area (Å²) in [7, 11) is 0. The first-order chi connectivity index (χ1) is 9.97. The lowest BCUT2D eigenvalue weighted by Crippen LogP contribution is -2.40. The van der Waals surface area contributed by atoms with Gasteiger partial charge in [0, 0.05) is 16.4 Å². The molecular weight excluding hydrogens is 354 g/mol. The number of alkyl halides is 1. The summed E-state index contributed by atoms with van der Waals surface area (Å²) in [6, 6.07) is 7.05. The molecular formula is C16H23BrClNO2. The van der Waals surface area contributed by atoms with Crippen molar-refractivity contribution in [2.45, 2.75) is 44.5 Å². The van der Waals surface area contributed by atoms with E-state index in [0.717, 1.165) is 12.8 Å². The van der Waals surface area contributed by atoms with E-state index in [1.165, 1.54) is 0 Å². The number of rotatable bonds is 8. The molecule has 0 saturated heterocycles. The minimum atomic E-state index is -0.551. The van der Waals surface area contributed by atoms with Crippen LogP contribution in [0.15, 0.2) is 24.3 Å². The lowest BCUT2D eigenvalue weighted by atomic mass is 9.99. The molecule has 21 heavy (non-hydrogen) atoms. The Bertz CT molecular complexity index is 452. The second-order valence-corrected chi connectivity index (χ2v) is 6.67. The molecule has 5 heteroatoms. The Hall–Kier alpha value is -0.740. The normalized spacial score (nSPS) is 13.8. The highest BCUT2D eigenvalue weighted by molar-refractivity contribution is 9.09. The fraction of sp³-hybridized carbons (Fsp3) is 0.562. The molecule has 1 aromatic rings. The van der Waals surface area contributed by atoms with Crippen LogP contribution in [0.3, 0.4) is 0 Å². The number of ether oxygens (including phenoxy) is 1. The van der Waals surface area contributed by atoms with Crippen molar-refractivity contribution in [3.05, 3.63) is 29.3 Å². The van der Waals surface area contributed by atoms with Gasteiger partial charge in [-0.1, -0.05) is 60.3 Å². The number of halogens is 2. The maximum atomic E-state index is 12.0. The Morgan fingerprint density at radius 2 is 2.05 bits per heavy atom. The van der Waals surface area contributed by atoms with Crippen molar-refractivity contribution in [2.24, 2.45) is 5.92 Å². The third-order valence-electron chi connectivity index (χ3n) is 3.51. The Balaban J connectivity index is 2.44. The second kappa shape index (κ2) is 9.31. The summed E-state index contributed by atoms with van der Waals surface area (Å²) >= 11 is 9.54. The van der Waals surface area contributed by atoms with Crippen LogP contribution < -0.4 is 10.1 Å². The van der Waals surface area contributed by atoms with E-state index in [2.05, 4.69) is 35.1 Å². The number of hydrogen-bond donors (Lipinski definition) is 1. The molecule has 118 valence electrons. The molecule has 0 aliphatic heterocycles. The lowest BCUT2D eigenvalue weighted by molar-refractivity contribution is -0.127. The average Bonchev–Trinajstić information content (AvgIpc) is 2.46. The fourth-order valence-corrected chi connectivity index (χ4v) is 3.20. The van der Waals surface area contributed by atoms with Crippen LogP contribution in [0, 0.1) is 5.92 Å². The van der Waals surface area contributed by atoms with Gasteiger partial charge in [-0.3, -0.25) is 4.79 Å². The highest BCUT2D eigenvalue weighted by Crippen LogP contribution is 2.20. The van der Waals surface area contributed by atoms with Crippen molar-refractivity contribution in [3.8, 4) is 5.75 Å². The zero-order valence-electron chi connectivity index (χ0n) is 12.7. The number of carbonyl (C=O) groups excluding carboxylic acids is 1. The van der Waals surface area contributed by atoms with Crippen LogP contribution in [0.1, 0.15) is 33.6 Å². The lowest BCUT2D eigenvalue weighted by Gasteiger charge is -2.21. The van der Waals surface area contributed by atoms with Crippen LogP contribution in [0.25, 0.3) is 0 Å². The molecule has 1 aromatic carbocycles. The standard InChI is InChI=1S/C16H23BrClNO2/c1-4-12(5-2)15(17)10-19-16(20)11(3)21-14-8-6-7-13(18)9-14/h6-9,11-12,15H,4-5,10H2,1-3H3,(H,19,20). The third kappa shape index (κ3) is 6.27. The van der Waals surface area contributed by atoms with Crippen molar-refractivity contribution >= 4 is 33.4 Å². The molecule has 0 heterocycles. The molecule has 0 aliphatic rings. The summed E-state index contributed by atoms with van der Waals surface area (Å²) in [4.78, 5) is 12.3. The van der Waals surface area contributed by atoms with Gasteiger partial charge in [0.25, 0.3) is 5.91 Å². The van der Waals surface area contributed by atoms with Gasteiger partial charge in [-0.2, -0.15) is 0 Å². The van der Waals surface area contributed by atoms with E-state index in [1.54, 1.807) is 31.2 Å². The Labute approximate surface area is 140 Å². The molecule has 2 unspecified atom stereocenters. The molecule has 2 atom stereocenters. The largest absolute Gasteiger partial charge is 0.481 e. The summed E-state index contributed by atoms with van der Waals surface area (Å²) in [6.07, 6.45) is 1.64. The first-order valence-corrected chi connectivity index (χ1v) is 8.61. The SMILES string of the molecule is CCC(CC)C(Br)CNC(=O)C(C)Oc1cccc(Cl)c1. The average molecular weight is 377 g/mol. The topological polar surface area (TPSA) is 38.3 Å². The van der Waals surface area contributed by atoms with Crippen molar-refractivity contribution in [1.29, 1.82) is 0 Å². The molecule has 0 bridgehead atoms. The van der Waals surface area contributed by atoms with Crippen LogP contribution in [-0.2, 0) is 4.79 Å². The van der Waals surface area contributed by atoms with Gasteiger partial charge in [0.15, 0.2) is 6.10 Å². The quantitative estimate of drug-likeness (QED) is 0.682. The van der Waals surface area contributed by atoms with Crippen molar-refractivity contribution < 1.29 is 9.53 Å². The van der Waals surface area contributed by atoms with Gasteiger partial charge < -0.3 is 10.1 Å². The van der Waals surface area contributed by atoms with Crippen LogP contribution >= 0.6 is 27.5 Å². The fourth-order valence-electron chi connectivity index (χ4n) is 2.11. The summed E-state index contributed by atoms with van der Waals surface area (Å²) in [5.41, 5.74) is 0. The first-order valence-electron chi connectivity index (χ1n) is 7.31. The van der Waals surface area contributed by atoms with Gasteiger partial charge in [0.05, 0.1) is 0 Å². The van der Waals surface area contributed by atoms with Crippen LogP contribution in [0.2, 0.25) is 5.02 Å². The molecule has 0 spiro atoms. The number of benzene rings is 1. The molecule has 0 fully saturated rings. The molecule has 0 radical (unpaired) electrons. The monoisotopic (exact) mass is 375 g/mol. The van der Waals surface area contributed by atoms with Gasteiger partial charge in [0.1, 0.15) is 5.75 Å². The maximum Gasteiger partial charge on any atom is 0.260 e. The predicted octanol–water partition coefficient (Wildman–Crippen LogP) is 4.42. The predicted molar refractivity (Wildman–Crippen MR) is 91.3 cm³/mol. The summed E-state index contributed by atoms with van der Waals surface area (Å²) < 4.78 is 5.59. The van der Waals surface area contributed by atoms with Gasteiger partial charge in [-0.25, -0.2) is 0 Å². The van der Waals surface area contributed by atoms with Crippen LogP contribution in [0.5, 0.6) is 5.75 Å². The van der Waals surface area contributed by atoms with E-state index < -0.39 is 6.10 Å². The Kier molecular flexibility index (Phi) is 8.12. The van der Waals surface area contributed by atoms with Gasteiger partial charge in [-0.05, 0) is 31.0 Å². The number of carbonyl (C=O) groups is 1. The van der Waals surface area contributed by atoms with E-state index in [-0.39, 0.29) is 10.7 Å².